The third-order valence-electron chi connectivity index (χ3n) is 5.72. The number of rotatable bonds is 8. The zero-order valence-electron chi connectivity index (χ0n) is 22.8. The molecule has 1 unspecified atom stereocenters. The molecule has 0 aliphatic carbocycles. The second-order valence-corrected chi connectivity index (χ2v) is 10.9. The highest BCUT2D eigenvalue weighted by atomic mass is 35.5. The molecule has 14 heteroatoms. The lowest BCUT2D eigenvalue weighted by Gasteiger charge is -2.32. The summed E-state index contributed by atoms with van der Waals surface area (Å²) in [5.41, 5.74) is -2.12. The summed E-state index contributed by atoms with van der Waals surface area (Å²) in [5, 5.41) is 3.68. The molecule has 3 aromatic carbocycles. The topological polar surface area (TPSA) is 89.5 Å². The van der Waals surface area contributed by atoms with Crippen molar-refractivity contribution in [3.63, 3.8) is 0 Å². The van der Waals surface area contributed by atoms with Crippen molar-refractivity contribution in [2.75, 3.05) is 5.32 Å². The molecule has 0 aliphatic rings. The zero-order valence-corrected chi connectivity index (χ0v) is 24.4. The standard InChI is InChI=1S/C29H24F5N3O4S.ClH/c1-27(2,3)26(39)41-37-28(40-20-7-5-4-6-8-20,24(38)35-19-12-9-17(10-13-19)29(32,33)34)25-36-23(16-42-25)21-14-11-18(30)15-22(21)31;/h4-16,37H,1-3H3,(H,35,38);1H. The summed E-state index contributed by atoms with van der Waals surface area (Å²) in [4.78, 5) is 36.4. The minimum atomic E-state index is -4.60. The van der Waals surface area contributed by atoms with Crippen molar-refractivity contribution >= 4 is 41.3 Å². The van der Waals surface area contributed by atoms with Gasteiger partial charge in [-0.2, -0.15) is 13.2 Å². The molecule has 0 bridgehead atoms. The summed E-state index contributed by atoms with van der Waals surface area (Å²) in [5.74, 6) is -3.42. The minimum absolute atomic E-state index is 0. The van der Waals surface area contributed by atoms with Crippen LogP contribution in [-0.4, -0.2) is 16.9 Å². The lowest BCUT2D eigenvalue weighted by Crippen LogP contribution is -2.57. The Morgan fingerprint density at radius 2 is 1.56 bits per heavy atom. The highest BCUT2D eigenvalue weighted by molar-refractivity contribution is 7.10. The van der Waals surface area contributed by atoms with Crippen molar-refractivity contribution < 1.29 is 41.1 Å². The van der Waals surface area contributed by atoms with Crippen LogP contribution in [0.15, 0.2) is 78.2 Å². The number of halogens is 6. The molecule has 0 saturated carbocycles. The molecule has 0 aliphatic heterocycles. The Kier molecular flexibility index (Phi) is 10.2. The van der Waals surface area contributed by atoms with Gasteiger partial charge in [0.05, 0.1) is 16.7 Å². The van der Waals surface area contributed by atoms with E-state index in [-0.39, 0.29) is 40.1 Å². The van der Waals surface area contributed by atoms with Gasteiger partial charge in [-0.05, 0) is 69.3 Å². The van der Waals surface area contributed by atoms with Crippen molar-refractivity contribution in [3.8, 4) is 17.0 Å². The Labute approximate surface area is 253 Å². The minimum Gasteiger partial charge on any atom is -0.454 e. The van der Waals surface area contributed by atoms with Gasteiger partial charge in [0.15, 0.2) is 5.01 Å². The fourth-order valence-corrected chi connectivity index (χ4v) is 4.35. The zero-order chi connectivity index (χ0) is 30.7. The van der Waals surface area contributed by atoms with Gasteiger partial charge in [-0.1, -0.05) is 23.7 Å². The third kappa shape index (κ3) is 7.86. The lowest BCUT2D eigenvalue weighted by atomic mass is 9.98. The van der Waals surface area contributed by atoms with Gasteiger partial charge in [0.2, 0.25) is 0 Å². The van der Waals surface area contributed by atoms with E-state index in [1.807, 2.05) is 0 Å². The van der Waals surface area contributed by atoms with Crippen LogP contribution in [-0.2, 0) is 26.3 Å². The van der Waals surface area contributed by atoms with Crippen LogP contribution in [0.5, 0.6) is 5.75 Å². The molecule has 1 atom stereocenters. The van der Waals surface area contributed by atoms with E-state index in [0.717, 1.165) is 41.7 Å². The number of hydrogen-bond acceptors (Lipinski definition) is 7. The number of aromatic nitrogens is 1. The van der Waals surface area contributed by atoms with Crippen molar-refractivity contribution in [2.24, 2.45) is 5.41 Å². The number of para-hydroxylation sites is 1. The van der Waals surface area contributed by atoms with Crippen molar-refractivity contribution in [1.82, 2.24) is 10.5 Å². The maximum absolute atomic E-state index is 14.6. The Morgan fingerprint density at radius 1 is 0.907 bits per heavy atom. The SMILES string of the molecule is CC(C)(C)C(=O)ONC(Oc1ccccc1)(C(=O)Nc1ccc(C(F)(F)F)cc1)c1nc(-c2ccc(F)cc2F)cs1.Cl. The number of amides is 1. The Morgan fingerprint density at radius 3 is 2.14 bits per heavy atom. The number of thiazole rings is 1. The molecule has 4 rings (SSSR count). The summed E-state index contributed by atoms with van der Waals surface area (Å²) in [6.07, 6.45) is -4.60. The number of ether oxygens (including phenoxy) is 1. The van der Waals surface area contributed by atoms with E-state index in [1.165, 1.54) is 23.6 Å². The van der Waals surface area contributed by atoms with Crippen molar-refractivity contribution in [2.45, 2.75) is 32.7 Å². The highest BCUT2D eigenvalue weighted by Gasteiger charge is 2.49. The molecular weight excluding hydrogens is 617 g/mol. The number of nitrogens with one attached hydrogen (secondary N) is 2. The van der Waals surface area contributed by atoms with Gasteiger partial charge < -0.3 is 14.9 Å². The van der Waals surface area contributed by atoms with E-state index in [1.54, 1.807) is 39.0 Å². The van der Waals surface area contributed by atoms with E-state index in [2.05, 4.69) is 15.8 Å². The fraction of sp³-hybridized carbons (Fsp3) is 0.207. The highest BCUT2D eigenvalue weighted by Crippen LogP contribution is 2.35. The summed E-state index contributed by atoms with van der Waals surface area (Å²) >= 11 is 0.827. The third-order valence-corrected chi connectivity index (χ3v) is 6.66. The number of nitrogens with zero attached hydrogens (tertiary/aromatic N) is 1. The molecule has 0 radical (unpaired) electrons. The molecule has 0 fully saturated rings. The average molecular weight is 642 g/mol. The maximum atomic E-state index is 14.6. The predicted molar refractivity (Wildman–Crippen MR) is 152 cm³/mol. The first-order valence-corrected chi connectivity index (χ1v) is 13.2. The largest absolute Gasteiger partial charge is 0.454 e. The first kappa shape index (κ1) is 33.4. The molecule has 0 saturated heterocycles. The van der Waals surface area contributed by atoms with Crippen LogP contribution in [0.2, 0.25) is 0 Å². The van der Waals surface area contributed by atoms with Crippen molar-refractivity contribution in [1.29, 1.82) is 0 Å². The number of hydroxylamine groups is 1. The maximum Gasteiger partial charge on any atom is 0.416 e. The summed E-state index contributed by atoms with van der Waals surface area (Å²) in [7, 11) is 0. The molecule has 1 amide bonds. The van der Waals surface area contributed by atoms with E-state index in [0.29, 0.717) is 6.07 Å². The van der Waals surface area contributed by atoms with Crippen LogP contribution in [0.4, 0.5) is 27.6 Å². The second kappa shape index (κ2) is 13.1. The van der Waals surface area contributed by atoms with Gasteiger partial charge in [0.25, 0.3) is 5.91 Å². The molecule has 1 heterocycles. The smallest absolute Gasteiger partial charge is 0.416 e. The van der Waals surface area contributed by atoms with Crippen LogP contribution in [0.1, 0.15) is 31.3 Å². The molecule has 228 valence electrons. The Bertz CT molecular complexity index is 1580. The molecule has 7 nitrogen and oxygen atoms in total. The van der Waals surface area contributed by atoms with Gasteiger partial charge in [-0.3, -0.25) is 4.79 Å². The van der Waals surface area contributed by atoms with E-state index in [4.69, 9.17) is 9.57 Å². The number of anilines is 1. The van der Waals surface area contributed by atoms with Crippen LogP contribution in [0.3, 0.4) is 0 Å². The number of benzene rings is 3. The molecule has 1 aromatic heterocycles. The van der Waals surface area contributed by atoms with Crippen LogP contribution in [0.25, 0.3) is 11.3 Å². The summed E-state index contributed by atoms with van der Waals surface area (Å²) in [6, 6.07) is 14.4. The van der Waals surface area contributed by atoms with Gasteiger partial charge >= 0.3 is 17.9 Å². The number of hydrogen-bond donors (Lipinski definition) is 2. The van der Waals surface area contributed by atoms with E-state index in [9.17, 15) is 31.5 Å². The van der Waals surface area contributed by atoms with Crippen molar-refractivity contribution in [3.05, 3.63) is 100 Å². The quantitative estimate of drug-likeness (QED) is 0.118. The lowest BCUT2D eigenvalue weighted by molar-refractivity contribution is -0.182. The first-order chi connectivity index (χ1) is 19.7. The molecule has 4 aromatic rings. The molecule has 43 heavy (non-hydrogen) atoms. The summed E-state index contributed by atoms with van der Waals surface area (Å²) < 4.78 is 73.4. The number of carbonyl (C=O) groups excluding carboxylic acids is 2. The number of alkyl halides is 3. The normalized spacial score (nSPS) is 12.9. The Balaban J connectivity index is 0.00000506. The average Bonchev–Trinajstić information content (AvgIpc) is 3.41. The van der Waals surface area contributed by atoms with Gasteiger partial charge in [-0.15, -0.1) is 23.7 Å². The predicted octanol–water partition coefficient (Wildman–Crippen LogP) is 7.49. The second-order valence-electron chi connectivity index (χ2n) is 10.0. The molecular formula is C29H25ClF5N3O4S. The van der Waals surface area contributed by atoms with Crippen LogP contribution >= 0.6 is 23.7 Å². The van der Waals surface area contributed by atoms with E-state index >= 15 is 0 Å². The first-order valence-electron chi connectivity index (χ1n) is 12.3. The molecule has 2 N–H and O–H groups in total. The summed E-state index contributed by atoms with van der Waals surface area (Å²) in [6.45, 7) is 4.70. The van der Waals surface area contributed by atoms with Gasteiger partial charge in [-0.25, -0.2) is 18.6 Å². The van der Waals surface area contributed by atoms with E-state index < -0.39 is 46.4 Å². The monoisotopic (exact) mass is 641 g/mol. The van der Waals surface area contributed by atoms with Crippen LogP contribution in [0, 0.1) is 17.0 Å². The van der Waals surface area contributed by atoms with Gasteiger partial charge in [0.1, 0.15) is 17.4 Å². The van der Waals surface area contributed by atoms with Crippen LogP contribution < -0.4 is 15.5 Å². The van der Waals surface area contributed by atoms with Gasteiger partial charge in [0, 0.05) is 22.7 Å². The Hall–Kier alpha value is -4.07. The fourth-order valence-electron chi connectivity index (χ4n) is 3.45. The number of carbonyl (C=O) groups is 2. The molecule has 0 spiro atoms.